The molecule has 2 heterocycles. The Hall–Kier alpha value is -4.14. The SMILES string of the molecule is COC(=O)c1cc2ccc(Nc3ncc(F)c(Nc4cccc(O)c4)n3)cc2[nH]1. The lowest BCUT2D eigenvalue weighted by atomic mass is 10.2. The van der Waals surface area contributed by atoms with Crippen molar-refractivity contribution in [2.75, 3.05) is 17.7 Å². The van der Waals surface area contributed by atoms with Crippen LogP contribution in [0.5, 0.6) is 5.75 Å². The fraction of sp³-hybridized carbons (Fsp3) is 0.0500. The van der Waals surface area contributed by atoms with Gasteiger partial charge in [-0.25, -0.2) is 14.2 Å². The average Bonchev–Trinajstić information content (AvgIpc) is 3.13. The minimum atomic E-state index is -0.638. The maximum absolute atomic E-state index is 14.1. The lowest BCUT2D eigenvalue weighted by Gasteiger charge is -2.10. The van der Waals surface area contributed by atoms with Crippen LogP contribution in [0.4, 0.5) is 27.5 Å². The third-order valence-electron chi connectivity index (χ3n) is 4.14. The number of carbonyl (C=O) groups is 1. The number of aromatic nitrogens is 3. The molecule has 2 aromatic carbocycles. The normalized spacial score (nSPS) is 10.7. The molecule has 2 aromatic heterocycles. The summed E-state index contributed by atoms with van der Waals surface area (Å²) in [7, 11) is 1.31. The Balaban J connectivity index is 1.58. The van der Waals surface area contributed by atoms with E-state index in [-0.39, 0.29) is 17.5 Å². The molecule has 9 heteroatoms. The highest BCUT2D eigenvalue weighted by Crippen LogP contribution is 2.25. The van der Waals surface area contributed by atoms with Gasteiger partial charge < -0.3 is 25.5 Å². The highest BCUT2D eigenvalue weighted by Gasteiger charge is 2.11. The minimum absolute atomic E-state index is 0.0398. The maximum atomic E-state index is 14.1. The number of aromatic amines is 1. The van der Waals surface area contributed by atoms with Crippen molar-refractivity contribution in [3.63, 3.8) is 0 Å². The molecule has 4 aromatic rings. The van der Waals surface area contributed by atoms with Gasteiger partial charge in [-0.15, -0.1) is 0 Å². The Morgan fingerprint density at radius 1 is 1.14 bits per heavy atom. The number of halogens is 1. The summed E-state index contributed by atoms with van der Waals surface area (Å²) in [6.45, 7) is 0. The Morgan fingerprint density at radius 3 is 2.76 bits per heavy atom. The minimum Gasteiger partial charge on any atom is -0.508 e. The van der Waals surface area contributed by atoms with E-state index < -0.39 is 11.8 Å². The van der Waals surface area contributed by atoms with E-state index in [4.69, 9.17) is 4.74 Å². The van der Waals surface area contributed by atoms with Crippen LogP contribution >= 0.6 is 0 Å². The van der Waals surface area contributed by atoms with Gasteiger partial charge in [-0.2, -0.15) is 4.98 Å². The number of esters is 1. The number of benzene rings is 2. The van der Waals surface area contributed by atoms with Gasteiger partial charge in [-0.05, 0) is 30.3 Å². The van der Waals surface area contributed by atoms with E-state index >= 15 is 0 Å². The molecule has 0 unspecified atom stereocenters. The molecule has 0 amide bonds. The number of nitrogens with zero attached hydrogens (tertiary/aromatic N) is 2. The van der Waals surface area contributed by atoms with Gasteiger partial charge in [0, 0.05) is 28.3 Å². The highest BCUT2D eigenvalue weighted by atomic mass is 19.1. The number of H-pyrrole nitrogens is 1. The number of ether oxygens (including phenoxy) is 1. The molecule has 0 aliphatic carbocycles. The molecule has 0 saturated heterocycles. The van der Waals surface area contributed by atoms with E-state index in [0.717, 1.165) is 17.1 Å². The largest absolute Gasteiger partial charge is 0.508 e. The first-order valence-corrected chi connectivity index (χ1v) is 8.58. The highest BCUT2D eigenvalue weighted by molar-refractivity contribution is 5.95. The molecule has 0 aliphatic rings. The summed E-state index contributed by atoms with van der Waals surface area (Å²) in [6.07, 6.45) is 1.04. The molecule has 4 N–H and O–H groups in total. The summed E-state index contributed by atoms with van der Waals surface area (Å²) in [4.78, 5) is 22.7. The van der Waals surface area contributed by atoms with E-state index in [1.54, 1.807) is 30.3 Å². The standard InChI is InChI=1S/C20H16FN5O3/c1-29-19(28)17-7-11-5-6-13(9-16(11)25-17)24-20-22-10-15(21)18(26-20)23-12-3-2-4-14(27)8-12/h2-10,25,27H,1H3,(H2,22,23,24,26). The molecule has 29 heavy (non-hydrogen) atoms. The van der Waals surface area contributed by atoms with Crippen molar-refractivity contribution in [1.29, 1.82) is 0 Å². The molecular weight excluding hydrogens is 377 g/mol. The number of hydrogen-bond acceptors (Lipinski definition) is 7. The number of fused-ring (bicyclic) bond motifs is 1. The van der Waals surface area contributed by atoms with Gasteiger partial charge in [0.2, 0.25) is 5.95 Å². The molecule has 0 spiro atoms. The van der Waals surface area contributed by atoms with E-state index in [2.05, 4.69) is 25.6 Å². The first-order chi connectivity index (χ1) is 14.0. The predicted octanol–water partition coefficient (Wildman–Crippen LogP) is 4.08. The molecule has 0 radical (unpaired) electrons. The van der Waals surface area contributed by atoms with E-state index in [0.29, 0.717) is 17.1 Å². The second-order valence-electron chi connectivity index (χ2n) is 6.17. The fourth-order valence-corrected chi connectivity index (χ4v) is 2.79. The molecule has 0 fully saturated rings. The monoisotopic (exact) mass is 393 g/mol. The Morgan fingerprint density at radius 2 is 1.97 bits per heavy atom. The van der Waals surface area contributed by atoms with E-state index in [1.807, 2.05) is 6.07 Å². The number of phenolic OH excluding ortho intramolecular Hbond substituents is 1. The third-order valence-corrected chi connectivity index (χ3v) is 4.14. The van der Waals surface area contributed by atoms with Crippen molar-refractivity contribution in [3.05, 3.63) is 66.2 Å². The van der Waals surface area contributed by atoms with E-state index in [1.165, 1.54) is 19.2 Å². The smallest absolute Gasteiger partial charge is 0.354 e. The van der Waals surface area contributed by atoms with Crippen LogP contribution in [0.15, 0.2) is 54.7 Å². The Kier molecular flexibility index (Phi) is 4.70. The number of rotatable bonds is 5. The van der Waals surface area contributed by atoms with Crippen LogP contribution < -0.4 is 10.6 Å². The first kappa shape index (κ1) is 18.2. The van der Waals surface area contributed by atoms with Crippen molar-refractivity contribution >= 4 is 40.0 Å². The average molecular weight is 393 g/mol. The van der Waals surface area contributed by atoms with Crippen LogP contribution in [0, 0.1) is 5.82 Å². The molecular formula is C20H16FN5O3. The van der Waals surface area contributed by atoms with Gasteiger partial charge in [0.1, 0.15) is 11.4 Å². The number of nitrogens with one attached hydrogen (secondary N) is 3. The fourth-order valence-electron chi connectivity index (χ4n) is 2.79. The summed E-state index contributed by atoms with van der Waals surface area (Å²) >= 11 is 0. The quantitative estimate of drug-likeness (QED) is 0.378. The van der Waals surface area contributed by atoms with Crippen LogP contribution in [0.1, 0.15) is 10.5 Å². The Bertz CT molecular complexity index is 1210. The first-order valence-electron chi connectivity index (χ1n) is 8.58. The van der Waals surface area contributed by atoms with Crippen molar-refractivity contribution in [1.82, 2.24) is 15.0 Å². The van der Waals surface area contributed by atoms with Crippen molar-refractivity contribution < 1.29 is 19.0 Å². The second-order valence-corrected chi connectivity index (χ2v) is 6.17. The summed E-state index contributed by atoms with van der Waals surface area (Å²) in [5, 5.41) is 16.2. The van der Waals surface area contributed by atoms with Crippen LogP contribution in [0.2, 0.25) is 0 Å². The maximum Gasteiger partial charge on any atom is 0.354 e. The van der Waals surface area contributed by atoms with Gasteiger partial charge >= 0.3 is 5.97 Å². The van der Waals surface area contributed by atoms with Crippen molar-refractivity contribution in [2.45, 2.75) is 0 Å². The molecule has 0 saturated carbocycles. The van der Waals surface area contributed by atoms with Crippen LogP contribution in [0.25, 0.3) is 10.9 Å². The molecule has 0 aliphatic heterocycles. The molecule has 0 atom stereocenters. The third kappa shape index (κ3) is 3.93. The van der Waals surface area contributed by atoms with Crippen molar-refractivity contribution in [2.24, 2.45) is 0 Å². The lowest BCUT2D eigenvalue weighted by molar-refractivity contribution is 0.0595. The zero-order chi connectivity index (χ0) is 20.4. The van der Waals surface area contributed by atoms with Gasteiger partial charge in [-0.3, -0.25) is 0 Å². The number of phenols is 1. The second kappa shape index (κ2) is 7.47. The van der Waals surface area contributed by atoms with Gasteiger partial charge in [0.05, 0.1) is 13.3 Å². The summed E-state index contributed by atoms with van der Waals surface area (Å²) < 4.78 is 18.8. The zero-order valence-electron chi connectivity index (χ0n) is 15.2. The predicted molar refractivity (Wildman–Crippen MR) is 106 cm³/mol. The van der Waals surface area contributed by atoms with Gasteiger partial charge in [0.25, 0.3) is 0 Å². The van der Waals surface area contributed by atoms with Crippen LogP contribution in [-0.4, -0.2) is 33.1 Å². The summed E-state index contributed by atoms with van der Waals surface area (Å²) in [6, 6.07) is 13.3. The molecule has 8 nitrogen and oxygen atoms in total. The number of methoxy groups -OCH3 is 1. The van der Waals surface area contributed by atoms with Gasteiger partial charge in [0.15, 0.2) is 11.6 Å². The summed E-state index contributed by atoms with van der Waals surface area (Å²) in [5.74, 6) is -0.912. The number of anilines is 4. The Labute approximate surface area is 164 Å². The van der Waals surface area contributed by atoms with Crippen LogP contribution in [0.3, 0.4) is 0 Å². The topological polar surface area (TPSA) is 112 Å². The van der Waals surface area contributed by atoms with Crippen LogP contribution in [-0.2, 0) is 4.74 Å². The molecule has 146 valence electrons. The summed E-state index contributed by atoms with van der Waals surface area (Å²) in [5.41, 5.74) is 2.19. The number of hydrogen-bond donors (Lipinski definition) is 4. The lowest BCUT2D eigenvalue weighted by Crippen LogP contribution is -2.03. The number of aromatic hydroxyl groups is 1. The zero-order valence-corrected chi connectivity index (χ0v) is 15.2. The van der Waals surface area contributed by atoms with Crippen molar-refractivity contribution in [3.8, 4) is 5.75 Å². The number of carbonyl (C=O) groups excluding carboxylic acids is 1. The van der Waals surface area contributed by atoms with Gasteiger partial charge in [-0.1, -0.05) is 12.1 Å². The van der Waals surface area contributed by atoms with E-state index in [9.17, 15) is 14.3 Å². The molecule has 0 bridgehead atoms. The molecule has 4 rings (SSSR count).